The second-order valence-corrected chi connectivity index (χ2v) is 7.31. The molecule has 1 amide bonds. The Morgan fingerprint density at radius 1 is 1.21 bits per heavy atom. The van der Waals surface area contributed by atoms with Crippen LogP contribution < -0.4 is 15.4 Å². The van der Waals surface area contributed by atoms with Gasteiger partial charge in [-0.05, 0) is 58.0 Å². The fourth-order valence-electron chi connectivity index (χ4n) is 2.93. The van der Waals surface area contributed by atoms with E-state index in [0.29, 0.717) is 27.0 Å². The lowest BCUT2D eigenvalue weighted by molar-refractivity contribution is -0.385. The number of fused-ring (bicyclic) bond motifs is 1. The third-order valence-electron chi connectivity index (χ3n) is 4.37. The van der Waals surface area contributed by atoms with Gasteiger partial charge in [-0.25, -0.2) is 0 Å². The maximum Gasteiger partial charge on any atom is 0.274 e. The van der Waals surface area contributed by atoms with Crippen molar-refractivity contribution in [3.05, 3.63) is 74.2 Å². The quantitative estimate of drug-likeness (QED) is 0.316. The number of thiocarbonyl (C=S) groups is 1. The van der Waals surface area contributed by atoms with Crippen LogP contribution in [0.3, 0.4) is 0 Å². The molecule has 0 saturated carbocycles. The molecule has 2 N–H and O–H groups in total. The van der Waals surface area contributed by atoms with E-state index in [1.807, 2.05) is 24.3 Å². The minimum absolute atomic E-state index is 0.0185. The Morgan fingerprint density at radius 2 is 1.93 bits per heavy atom. The number of halogens is 1. The Balaban J connectivity index is 1.86. The van der Waals surface area contributed by atoms with Crippen LogP contribution in [0.25, 0.3) is 10.8 Å². The summed E-state index contributed by atoms with van der Waals surface area (Å²) < 4.78 is 6.08. The minimum atomic E-state index is -0.473. The topological polar surface area (TPSA) is 93.5 Å². The number of amides is 1. The number of nitro benzene ring substituents is 1. The third-order valence-corrected chi connectivity index (χ3v) is 5.36. The van der Waals surface area contributed by atoms with Crippen LogP contribution in [0, 0.1) is 17.0 Å². The van der Waals surface area contributed by atoms with E-state index in [9.17, 15) is 14.9 Å². The number of carbonyl (C=O) groups is 1. The molecule has 7 nitrogen and oxygen atoms in total. The first-order valence-electron chi connectivity index (χ1n) is 8.45. The van der Waals surface area contributed by atoms with Gasteiger partial charge in [0.2, 0.25) is 0 Å². The Hall–Kier alpha value is -3.04. The van der Waals surface area contributed by atoms with Crippen molar-refractivity contribution in [3.63, 3.8) is 0 Å². The molecule has 0 bridgehead atoms. The monoisotopic (exact) mass is 473 g/mol. The van der Waals surface area contributed by atoms with Crippen molar-refractivity contribution in [2.45, 2.75) is 6.92 Å². The van der Waals surface area contributed by atoms with Crippen molar-refractivity contribution in [3.8, 4) is 5.75 Å². The zero-order valence-corrected chi connectivity index (χ0v) is 17.9. The third kappa shape index (κ3) is 4.20. The minimum Gasteiger partial charge on any atom is -0.495 e. The molecule has 0 aromatic heterocycles. The first-order chi connectivity index (χ1) is 13.8. The van der Waals surface area contributed by atoms with E-state index in [-0.39, 0.29) is 10.8 Å². The maximum atomic E-state index is 12.8. The van der Waals surface area contributed by atoms with Crippen LogP contribution in [0.15, 0.2) is 53.0 Å². The highest BCUT2D eigenvalue weighted by Gasteiger charge is 2.20. The number of nitrogens with one attached hydrogen (secondary N) is 2. The molecule has 0 unspecified atom stereocenters. The molecule has 29 heavy (non-hydrogen) atoms. The number of hydrogen-bond donors (Lipinski definition) is 2. The maximum absolute atomic E-state index is 12.8. The standard InChI is InChI=1S/C20H16BrN3O4S/c1-11-15(8-5-9-16(11)24(26)27)22-20(29)23-19(25)14-10-12-6-3-4-7-13(12)17(21)18(14)28-2/h3-10H,1-2H3,(H2,22,23,25,29). The van der Waals surface area contributed by atoms with Crippen LogP contribution in [0.4, 0.5) is 11.4 Å². The molecule has 0 fully saturated rings. The highest BCUT2D eigenvalue weighted by Crippen LogP contribution is 2.36. The van der Waals surface area contributed by atoms with Gasteiger partial charge in [0.1, 0.15) is 5.75 Å². The zero-order valence-electron chi connectivity index (χ0n) is 15.5. The van der Waals surface area contributed by atoms with Crippen molar-refractivity contribution in [1.29, 1.82) is 0 Å². The van der Waals surface area contributed by atoms with Gasteiger partial charge in [-0.1, -0.05) is 30.3 Å². The molecule has 3 aromatic rings. The predicted octanol–water partition coefficient (Wildman–Crippen LogP) is 4.95. The molecule has 0 aliphatic rings. The molecule has 0 heterocycles. The van der Waals surface area contributed by atoms with Gasteiger partial charge in [0.25, 0.3) is 11.6 Å². The fourth-order valence-corrected chi connectivity index (χ4v) is 3.87. The van der Waals surface area contributed by atoms with Crippen molar-refractivity contribution in [2.24, 2.45) is 0 Å². The summed E-state index contributed by atoms with van der Waals surface area (Å²) in [4.78, 5) is 23.4. The van der Waals surface area contributed by atoms with E-state index >= 15 is 0 Å². The Kier molecular flexibility index (Phi) is 6.09. The van der Waals surface area contributed by atoms with E-state index in [4.69, 9.17) is 17.0 Å². The van der Waals surface area contributed by atoms with Gasteiger partial charge in [-0.3, -0.25) is 20.2 Å². The molecular formula is C20H16BrN3O4S. The molecule has 9 heteroatoms. The van der Waals surface area contributed by atoms with Crippen molar-refractivity contribution < 1.29 is 14.5 Å². The first kappa shape index (κ1) is 20.7. The molecule has 0 aliphatic heterocycles. The molecule has 148 valence electrons. The Bertz CT molecular complexity index is 1150. The Morgan fingerprint density at radius 3 is 2.62 bits per heavy atom. The largest absolute Gasteiger partial charge is 0.495 e. The second kappa shape index (κ2) is 8.54. The average molecular weight is 474 g/mol. The lowest BCUT2D eigenvalue weighted by atomic mass is 10.1. The number of methoxy groups -OCH3 is 1. The molecule has 0 radical (unpaired) electrons. The zero-order chi connectivity index (χ0) is 21.1. The number of nitro groups is 1. The van der Waals surface area contributed by atoms with E-state index < -0.39 is 10.8 Å². The van der Waals surface area contributed by atoms with Gasteiger partial charge in [-0.15, -0.1) is 0 Å². The number of nitrogens with zero attached hydrogens (tertiary/aromatic N) is 1. The molecule has 0 spiro atoms. The molecule has 0 atom stereocenters. The number of ether oxygens (including phenoxy) is 1. The van der Waals surface area contributed by atoms with Gasteiger partial charge in [0.05, 0.1) is 33.3 Å². The summed E-state index contributed by atoms with van der Waals surface area (Å²) >= 11 is 8.72. The van der Waals surface area contributed by atoms with Crippen LogP contribution in [0.5, 0.6) is 5.75 Å². The van der Waals surface area contributed by atoms with Crippen LogP contribution >= 0.6 is 28.1 Å². The van der Waals surface area contributed by atoms with E-state index in [1.165, 1.54) is 13.2 Å². The van der Waals surface area contributed by atoms with Gasteiger partial charge in [-0.2, -0.15) is 0 Å². The number of anilines is 1. The summed E-state index contributed by atoms with van der Waals surface area (Å²) in [5, 5.41) is 18.3. The summed E-state index contributed by atoms with van der Waals surface area (Å²) in [6, 6.07) is 13.9. The van der Waals surface area contributed by atoms with Gasteiger partial charge in [0.15, 0.2) is 5.11 Å². The summed E-state index contributed by atoms with van der Waals surface area (Å²) in [6.07, 6.45) is 0. The molecule has 3 aromatic carbocycles. The summed E-state index contributed by atoms with van der Waals surface area (Å²) in [7, 11) is 1.48. The van der Waals surface area contributed by atoms with E-state index in [2.05, 4.69) is 26.6 Å². The van der Waals surface area contributed by atoms with Gasteiger partial charge < -0.3 is 10.1 Å². The number of rotatable bonds is 4. The molecule has 3 rings (SSSR count). The van der Waals surface area contributed by atoms with Crippen LogP contribution in [-0.2, 0) is 0 Å². The number of carbonyl (C=O) groups excluding carboxylic acids is 1. The molecule has 0 aliphatic carbocycles. The summed E-state index contributed by atoms with van der Waals surface area (Å²) in [5.41, 5.74) is 1.12. The lowest BCUT2D eigenvalue weighted by Crippen LogP contribution is -2.34. The summed E-state index contributed by atoms with van der Waals surface area (Å²) in [5.74, 6) is -0.0792. The fraction of sp³-hybridized carbons (Fsp3) is 0.100. The van der Waals surface area contributed by atoms with Crippen LogP contribution in [-0.4, -0.2) is 23.1 Å². The molecule has 0 saturated heterocycles. The number of hydrogen-bond acceptors (Lipinski definition) is 5. The number of benzene rings is 3. The first-order valence-corrected chi connectivity index (χ1v) is 9.65. The van der Waals surface area contributed by atoms with E-state index in [0.717, 1.165) is 10.8 Å². The van der Waals surface area contributed by atoms with Crippen molar-refractivity contribution >= 4 is 61.3 Å². The average Bonchev–Trinajstić information content (AvgIpc) is 2.69. The second-order valence-electron chi connectivity index (χ2n) is 6.11. The highest BCUT2D eigenvalue weighted by molar-refractivity contribution is 9.10. The summed E-state index contributed by atoms with van der Waals surface area (Å²) in [6.45, 7) is 1.61. The Labute approximate surface area is 180 Å². The SMILES string of the molecule is COc1c(C(=O)NC(=S)Nc2cccc([N+](=O)[O-])c2C)cc2ccccc2c1Br. The van der Waals surface area contributed by atoms with E-state index in [1.54, 1.807) is 25.1 Å². The molecular weight excluding hydrogens is 458 g/mol. The van der Waals surface area contributed by atoms with Crippen LogP contribution in [0.1, 0.15) is 15.9 Å². The van der Waals surface area contributed by atoms with Crippen LogP contribution in [0.2, 0.25) is 0 Å². The lowest BCUT2D eigenvalue weighted by Gasteiger charge is -2.15. The highest BCUT2D eigenvalue weighted by atomic mass is 79.9. The predicted molar refractivity (Wildman–Crippen MR) is 120 cm³/mol. The van der Waals surface area contributed by atoms with Gasteiger partial charge >= 0.3 is 0 Å². The smallest absolute Gasteiger partial charge is 0.274 e. The van der Waals surface area contributed by atoms with Gasteiger partial charge in [0, 0.05) is 6.07 Å². The van der Waals surface area contributed by atoms with Crippen molar-refractivity contribution in [1.82, 2.24) is 5.32 Å². The van der Waals surface area contributed by atoms with Crippen molar-refractivity contribution in [2.75, 3.05) is 12.4 Å². The normalized spacial score (nSPS) is 10.4.